The molecule has 7 nitrogen and oxygen atoms in total. The van der Waals surface area contributed by atoms with Crippen LogP contribution in [0.25, 0.3) is 5.69 Å². The van der Waals surface area contributed by atoms with E-state index in [-0.39, 0.29) is 0 Å². The minimum absolute atomic E-state index is 0.311. The number of aromatic amines is 1. The van der Waals surface area contributed by atoms with Crippen molar-refractivity contribution in [2.24, 2.45) is 0 Å². The molecule has 0 spiro atoms. The van der Waals surface area contributed by atoms with Gasteiger partial charge >= 0.3 is 11.7 Å². The monoisotopic (exact) mass is 340 g/mol. The van der Waals surface area contributed by atoms with Crippen LogP contribution in [0.4, 0.5) is 0 Å². The maximum atomic E-state index is 11.8. The highest BCUT2D eigenvalue weighted by molar-refractivity contribution is 9.10. The molecule has 2 N–H and O–H groups in total. The fourth-order valence-corrected chi connectivity index (χ4v) is 2.00. The van der Waals surface area contributed by atoms with E-state index in [4.69, 9.17) is 9.84 Å². The zero-order chi connectivity index (χ0) is 14.9. The van der Waals surface area contributed by atoms with Crippen LogP contribution in [0.5, 0.6) is 5.75 Å². The van der Waals surface area contributed by atoms with Crippen LogP contribution in [0.3, 0.4) is 0 Å². The van der Waals surface area contributed by atoms with Crippen molar-refractivity contribution in [3.05, 3.63) is 55.3 Å². The average Bonchev–Trinajstić information content (AvgIpc) is 2.38. The highest BCUT2D eigenvalue weighted by Crippen LogP contribution is 2.25. The van der Waals surface area contributed by atoms with Gasteiger partial charge in [-0.05, 0) is 18.2 Å². The molecule has 1 aromatic heterocycles. The molecular formula is C12H9BrN2O5. The lowest BCUT2D eigenvalue weighted by Gasteiger charge is -2.11. The van der Waals surface area contributed by atoms with Gasteiger partial charge < -0.3 is 9.84 Å². The molecule has 2 rings (SSSR count). The molecule has 0 saturated carbocycles. The molecule has 0 fully saturated rings. The van der Waals surface area contributed by atoms with E-state index in [1.807, 2.05) is 4.98 Å². The average molecular weight is 341 g/mol. The Balaban J connectivity index is 2.79. The lowest BCUT2D eigenvalue weighted by Crippen LogP contribution is -2.32. The van der Waals surface area contributed by atoms with E-state index >= 15 is 0 Å². The largest absolute Gasteiger partial charge is 0.495 e. The van der Waals surface area contributed by atoms with Crippen LogP contribution in [0, 0.1) is 0 Å². The van der Waals surface area contributed by atoms with Crippen molar-refractivity contribution >= 4 is 21.9 Å². The molecule has 0 amide bonds. The number of hydrogen-bond acceptors (Lipinski definition) is 4. The third-order valence-corrected chi connectivity index (χ3v) is 3.07. The van der Waals surface area contributed by atoms with Gasteiger partial charge in [-0.25, -0.2) is 9.59 Å². The van der Waals surface area contributed by atoms with Crippen molar-refractivity contribution in [1.82, 2.24) is 9.55 Å². The summed E-state index contributed by atoms with van der Waals surface area (Å²) in [5.74, 6) is -1.06. The molecule has 0 atom stereocenters. The van der Waals surface area contributed by atoms with Gasteiger partial charge in [0.2, 0.25) is 0 Å². The summed E-state index contributed by atoms with van der Waals surface area (Å²) < 4.78 is 6.80. The van der Waals surface area contributed by atoms with E-state index in [9.17, 15) is 14.4 Å². The first kappa shape index (κ1) is 14.1. The number of ether oxygens (including phenoxy) is 1. The molecule has 1 aromatic carbocycles. The molecular weight excluding hydrogens is 332 g/mol. The molecule has 104 valence electrons. The van der Waals surface area contributed by atoms with Crippen molar-refractivity contribution in [2.75, 3.05) is 7.11 Å². The second kappa shape index (κ2) is 5.33. The molecule has 0 aliphatic carbocycles. The summed E-state index contributed by atoms with van der Waals surface area (Å²) >= 11 is 3.25. The molecule has 0 aliphatic rings. The Labute approximate surface area is 120 Å². The number of carbonyl (C=O) groups is 1. The Kier molecular flexibility index (Phi) is 3.75. The predicted octanol–water partition coefficient (Wildman–Crippen LogP) is 0.995. The van der Waals surface area contributed by atoms with Crippen LogP contribution in [0.1, 0.15) is 10.4 Å². The van der Waals surface area contributed by atoms with Gasteiger partial charge in [-0.3, -0.25) is 14.3 Å². The quantitative estimate of drug-likeness (QED) is 0.867. The number of benzene rings is 1. The van der Waals surface area contributed by atoms with Crippen molar-refractivity contribution in [1.29, 1.82) is 0 Å². The first-order valence-corrected chi connectivity index (χ1v) is 6.16. The van der Waals surface area contributed by atoms with Gasteiger partial charge in [0.15, 0.2) is 0 Å². The number of methoxy groups -OCH3 is 1. The Morgan fingerprint density at radius 1 is 1.40 bits per heavy atom. The number of aromatic nitrogens is 2. The highest BCUT2D eigenvalue weighted by atomic mass is 79.9. The minimum atomic E-state index is -1.42. The standard InChI is InChI=1S/C12H9BrN2O5/c1-20-9-3-2-6(13)4-8(9)15-5-7(11(17)18)10(16)14-12(15)19/h2-5H,1H3,(H,17,18)(H,14,16,19). The van der Waals surface area contributed by atoms with Crippen molar-refractivity contribution in [3.8, 4) is 11.4 Å². The Morgan fingerprint density at radius 3 is 2.70 bits per heavy atom. The zero-order valence-corrected chi connectivity index (χ0v) is 11.8. The van der Waals surface area contributed by atoms with Gasteiger partial charge in [-0.15, -0.1) is 0 Å². The topological polar surface area (TPSA) is 101 Å². The summed E-state index contributed by atoms with van der Waals surface area (Å²) in [6.07, 6.45) is 0.966. The lowest BCUT2D eigenvalue weighted by molar-refractivity contribution is 0.0694. The summed E-state index contributed by atoms with van der Waals surface area (Å²) in [6.45, 7) is 0. The fraction of sp³-hybridized carbons (Fsp3) is 0.0833. The van der Waals surface area contributed by atoms with Crippen LogP contribution < -0.4 is 16.0 Å². The van der Waals surface area contributed by atoms with Gasteiger partial charge in [0.05, 0.1) is 12.8 Å². The summed E-state index contributed by atoms with van der Waals surface area (Å²) in [4.78, 5) is 36.2. The number of carboxylic acids is 1. The van der Waals surface area contributed by atoms with E-state index in [1.165, 1.54) is 7.11 Å². The SMILES string of the molecule is COc1ccc(Br)cc1-n1cc(C(=O)O)c(=O)[nH]c1=O. The van der Waals surface area contributed by atoms with Crippen LogP contribution in [-0.4, -0.2) is 27.7 Å². The number of halogens is 1. The molecule has 2 aromatic rings. The first-order valence-electron chi connectivity index (χ1n) is 5.37. The molecule has 0 unspecified atom stereocenters. The van der Waals surface area contributed by atoms with E-state index in [0.717, 1.165) is 10.8 Å². The van der Waals surface area contributed by atoms with Crippen LogP contribution >= 0.6 is 15.9 Å². The molecule has 20 heavy (non-hydrogen) atoms. The fourth-order valence-electron chi connectivity index (χ4n) is 1.65. The minimum Gasteiger partial charge on any atom is -0.495 e. The van der Waals surface area contributed by atoms with E-state index in [2.05, 4.69) is 15.9 Å². The Hall–Kier alpha value is -2.35. The number of nitrogens with one attached hydrogen (secondary N) is 1. The molecule has 0 radical (unpaired) electrons. The van der Waals surface area contributed by atoms with Gasteiger partial charge in [0.25, 0.3) is 5.56 Å². The Bertz CT molecular complexity index is 793. The zero-order valence-electron chi connectivity index (χ0n) is 10.2. The number of rotatable bonds is 3. The summed E-state index contributed by atoms with van der Waals surface area (Å²) in [5, 5.41) is 8.93. The second-order valence-corrected chi connectivity index (χ2v) is 4.71. The lowest BCUT2D eigenvalue weighted by atomic mass is 10.2. The number of carboxylic acid groups (broad SMARTS) is 1. The van der Waals surface area contributed by atoms with Gasteiger partial charge in [0.1, 0.15) is 11.3 Å². The van der Waals surface area contributed by atoms with Crippen LogP contribution in [0.15, 0.2) is 38.5 Å². The Morgan fingerprint density at radius 2 is 2.10 bits per heavy atom. The maximum absolute atomic E-state index is 11.8. The van der Waals surface area contributed by atoms with Crippen molar-refractivity contribution < 1.29 is 14.6 Å². The van der Waals surface area contributed by atoms with Gasteiger partial charge in [0, 0.05) is 10.7 Å². The molecule has 8 heteroatoms. The number of aromatic carboxylic acids is 1. The molecule has 0 saturated heterocycles. The van der Waals surface area contributed by atoms with Crippen LogP contribution in [-0.2, 0) is 0 Å². The van der Waals surface area contributed by atoms with E-state index in [0.29, 0.717) is 15.9 Å². The molecule has 1 heterocycles. The highest BCUT2D eigenvalue weighted by Gasteiger charge is 2.15. The number of nitrogens with zero attached hydrogens (tertiary/aromatic N) is 1. The third-order valence-electron chi connectivity index (χ3n) is 2.57. The summed E-state index contributed by atoms with van der Waals surface area (Å²) in [5.41, 5.74) is -1.93. The normalized spacial score (nSPS) is 10.3. The maximum Gasteiger partial charge on any atom is 0.342 e. The first-order chi connectivity index (χ1) is 9.43. The van der Waals surface area contributed by atoms with Gasteiger partial charge in [-0.1, -0.05) is 15.9 Å². The number of H-pyrrole nitrogens is 1. The predicted molar refractivity (Wildman–Crippen MR) is 73.9 cm³/mol. The van der Waals surface area contributed by atoms with Crippen molar-refractivity contribution in [2.45, 2.75) is 0 Å². The third kappa shape index (κ3) is 2.50. The van der Waals surface area contributed by atoms with Crippen LogP contribution in [0.2, 0.25) is 0 Å². The summed E-state index contributed by atoms with van der Waals surface area (Å²) in [7, 11) is 1.42. The van der Waals surface area contributed by atoms with Gasteiger partial charge in [-0.2, -0.15) is 0 Å². The van der Waals surface area contributed by atoms with Crippen molar-refractivity contribution in [3.63, 3.8) is 0 Å². The molecule has 0 bridgehead atoms. The van der Waals surface area contributed by atoms with E-state index < -0.39 is 22.8 Å². The number of hydrogen-bond donors (Lipinski definition) is 2. The smallest absolute Gasteiger partial charge is 0.342 e. The molecule has 0 aliphatic heterocycles. The second-order valence-electron chi connectivity index (χ2n) is 3.79. The summed E-state index contributed by atoms with van der Waals surface area (Å²) in [6, 6.07) is 4.89. The van der Waals surface area contributed by atoms with E-state index in [1.54, 1.807) is 18.2 Å².